The standard InChI is InChI=1S/C54H96NO8P/c1-6-8-10-12-14-16-18-20-22-24-26-27-29-30-32-34-36-38-40-42-44-46-53(56)60-50-52(51-62-64(58,59)61-49-48-55(3,4)5)63-54(57)47-45-43-41-39-37-35-33-31-28-25-23-21-19-17-15-13-11-9-7-2/h9,11,15,17-18,20-21,23-24,26,28,31,52H,6-8,10,12-14,16,19,22,25,27,29-30,32-51H2,1-5H3/b11-9-,17-15-,20-18-,23-21-,26-24-,31-28-. The van der Waals surface area contributed by atoms with E-state index in [4.69, 9.17) is 18.5 Å². The number of unbranched alkanes of at least 4 members (excludes halogenated alkanes) is 20. The van der Waals surface area contributed by atoms with E-state index in [-0.39, 0.29) is 26.1 Å². The molecule has 9 nitrogen and oxygen atoms in total. The molecule has 10 heteroatoms. The second-order valence-electron chi connectivity index (χ2n) is 18.1. The third kappa shape index (κ3) is 48.9. The third-order valence-electron chi connectivity index (χ3n) is 10.7. The first-order chi connectivity index (χ1) is 31.0. The molecule has 0 spiro atoms. The molecule has 0 bridgehead atoms. The predicted octanol–water partition coefficient (Wildman–Crippen LogP) is 14.7. The zero-order valence-corrected chi connectivity index (χ0v) is 42.6. The number of carbonyl (C=O) groups is 2. The molecule has 0 aliphatic rings. The largest absolute Gasteiger partial charge is 0.756 e. The molecule has 0 amide bonds. The molecule has 0 heterocycles. The van der Waals surface area contributed by atoms with Crippen LogP contribution in [0.25, 0.3) is 0 Å². The SMILES string of the molecule is CC/C=C\C/C=C\C/C=C\C/C=C\CCCCCCCCC(=O)OC(COC(=O)CCCCCCCCCCC/C=C\C/C=C\CCCCCCC)COP(=O)([O-])OCC[N+](C)(C)C. The van der Waals surface area contributed by atoms with Crippen molar-refractivity contribution in [2.45, 2.75) is 213 Å². The second-order valence-corrected chi connectivity index (χ2v) is 19.6. The number of likely N-dealkylation sites (N-methyl/N-ethyl adjacent to an activating group) is 1. The van der Waals surface area contributed by atoms with Crippen molar-refractivity contribution in [3.8, 4) is 0 Å². The average Bonchev–Trinajstić information content (AvgIpc) is 3.25. The summed E-state index contributed by atoms with van der Waals surface area (Å²) in [5.41, 5.74) is 0. The number of hydrogen-bond donors (Lipinski definition) is 0. The van der Waals surface area contributed by atoms with Crippen LogP contribution in [0, 0.1) is 0 Å². The van der Waals surface area contributed by atoms with Crippen molar-refractivity contribution in [3.05, 3.63) is 72.9 Å². The lowest BCUT2D eigenvalue weighted by molar-refractivity contribution is -0.870. The number of carbonyl (C=O) groups excluding carboxylic acids is 2. The molecule has 0 aromatic carbocycles. The molecule has 0 N–H and O–H groups in total. The van der Waals surface area contributed by atoms with Crippen molar-refractivity contribution in [2.24, 2.45) is 0 Å². The van der Waals surface area contributed by atoms with Gasteiger partial charge in [0.25, 0.3) is 7.82 Å². The number of hydrogen-bond acceptors (Lipinski definition) is 8. The van der Waals surface area contributed by atoms with E-state index in [1.54, 1.807) is 0 Å². The summed E-state index contributed by atoms with van der Waals surface area (Å²) >= 11 is 0. The van der Waals surface area contributed by atoms with Crippen LogP contribution >= 0.6 is 7.82 Å². The Balaban J connectivity index is 4.29. The summed E-state index contributed by atoms with van der Waals surface area (Å²) in [5.74, 6) is -0.857. The average molecular weight is 918 g/mol. The molecule has 0 rings (SSSR count). The number of phosphoric acid groups is 1. The van der Waals surface area contributed by atoms with Gasteiger partial charge >= 0.3 is 11.9 Å². The van der Waals surface area contributed by atoms with Gasteiger partial charge in [0.1, 0.15) is 19.8 Å². The van der Waals surface area contributed by atoms with E-state index in [0.717, 1.165) is 103 Å². The van der Waals surface area contributed by atoms with E-state index in [1.807, 2.05) is 21.1 Å². The number of nitrogens with zero attached hydrogens (tertiary/aromatic N) is 1. The summed E-state index contributed by atoms with van der Waals surface area (Å²) in [6.07, 6.45) is 57.8. The highest BCUT2D eigenvalue weighted by Crippen LogP contribution is 2.38. The zero-order chi connectivity index (χ0) is 47.1. The number of rotatable bonds is 46. The topological polar surface area (TPSA) is 111 Å². The predicted molar refractivity (Wildman–Crippen MR) is 268 cm³/mol. The van der Waals surface area contributed by atoms with Crippen LogP contribution in [0.2, 0.25) is 0 Å². The van der Waals surface area contributed by atoms with Crippen molar-refractivity contribution in [3.63, 3.8) is 0 Å². The van der Waals surface area contributed by atoms with Crippen molar-refractivity contribution in [1.29, 1.82) is 0 Å². The summed E-state index contributed by atoms with van der Waals surface area (Å²) in [6.45, 7) is 4.09. The molecule has 0 aromatic heterocycles. The molecule has 2 atom stereocenters. The molecule has 0 radical (unpaired) electrons. The Morgan fingerprint density at radius 1 is 0.500 bits per heavy atom. The zero-order valence-electron chi connectivity index (χ0n) is 41.7. The fourth-order valence-electron chi connectivity index (χ4n) is 6.73. The van der Waals surface area contributed by atoms with Crippen LogP contribution in [-0.2, 0) is 32.7 Å². The van der Waals surface area contributed by atoms with Gasteiger partial charge in [0.05, 0.1) is 27.7 Å². The molecule has 0 saturated heterocycles. The molecule has 0 saturated carbocycles. The highest BCUT2D eigenvalue weighted by atomic mass is 31.2. The Kier molecular flexibility index (Phi) is 43.8. The molecular weight excluding hydrogens is 822 g/mol. The molecule has 64 heavy (non-hydrogen) atoms. The Morgan fingerprint density at radius 2 is 0.891 bits per heavy atom. The minimum Gasteiger partial charge on any atom is -0.756 e. The van der Waals surface area contributed by atoms with Gasteiger partial charge in [-0.1, -0.05) is 183 Å². The van der Waals surface area contributed by atoms with E-state index in [0.29, 0.717) is 17.4 Å². The van der Waals surface area contributed by atoms with Crippen molar-refractivity contribution in [1.82, 2.24) is 0 Å². The minimum atomic E-state index is -4.64. The van der Waals surface area contributed by atoms with Crippen LogP contribution in [0.15, 0.2) is 72.9 Å². The first kappa shape index (κ1) is 61.5. The lowest BCUT2D eigenvalue weighted by Crippen LogP contribution is -2.37. The fraction of sp³-hybridized carbons (Fsp3) is 0.741. The van der Waals surface area contributed by atoms with Crippen LogP contribution in [0.4, 0.5) is 0 Å². The van der Waals surface area contributed by atoms with Crippen LogP contribution in [0.3, 0.4) is 0 Å². The lowest BCUT2D eigenvalue weighted by atomic mass is 10.1. The van der Waals surface area contributed by atoms with Crippen LogP contribution in [0.1, 0.15) is 206 Å². The van der Waals surface area contributed by atoms with Gasteiger partial charge in [0.2, 0.25) is 0 Å². The van der Waals surface area contributed by atoms with Crippen LogP contribution in [0.5, 0.6) is 0 Å². The number of phosphoric ester groups is 1. The molecule has 0 aliphatic carbocycles. The van der Waals surface area contributed by atoms with Gasteiger partial charge in [0, 0.05) is 12.8 Å². The summed E-state index contributed by atoms with van der Waals surface area (Å²) in [5, 5.41) is 0. The van der Waals surface area contributed by atoms with E-state index in [1.165, 1.54) is 70.6 Å². The van der Waals surface area contributed by atoms with Crippen molar-refractivity contribution < 1.29 is 42.1 Å². The molecule has 370 valence electrons. The van der Waals surface area contributed by atoms with Crippen LogP contribution in [-0.4, -0.2) is 70.0 Å². The summed E-state index contributed by atoms with van der Waals surface area (Å²) in [6, 6.07) is 0. The quantitative estimate of drug-likeness (QED) is 0.0195. The highest BCUT2D eigenvalue weighted by molar-refractivity contribution is 7.45. The minimum absolute atomic E-state index is 0.0379. The summed E-state index contributed by atoms with van der Waals surface area (Å²) in [4.78, 5) is 37.7. The molecule has 2 unspecified atom stereocenters. The van der Waals surface area contributed by atoms with Gasteiger partial charge < -0.3 is 27.9 Å². The maximum absolute atomic E-state index is 12.7. The number of ether oxygens (including phenoxy) is 2. The summed E-state index contributed by atoms with van der Waals surface area (Å²) < 4.78 is 34.0. The number of allylic oxidation sites excluding steroid dienone is 12. The normalized spacial score (nSPS) is 14.0. The van der Waals surface area contributed by atoms with Crippen LogP contribution < -0.4 is 4.89 Å². The van der Waals surface area contributed by atoms with Gasteiger partial charge in [-0.2, -0.15) is 0 Å². The Labute approximate surface area is 393 Å². The third-order valence-corrected chi connectivity index (χ3v) is 11.7. The van der Waals surface area contributed by atoms with E-state index < -0.39 is 32.5 Å². The molecular formula is C54H96NO8P. The molecule has 0 fully saturated rings. The Hall–Kier alpha value is -2.55. The van der Waals surface area contributed by atoms with Crippen molar-refractivity contribution in [2.75, 3.05) is 47.5 Å². The smallest absolute Gasteiger partial charge is 0.306 e. The maximum Gasteiger partial charge on any atom is 0.306 e. The Morgan fingerprint density at radius 3 is 1.33 bits per heavy atom. The first-order valence-electron chi connectivity index (χ1n) is 25.6. The van der Waals surface area contributed by atoms with E-state index in [2.05, 4.69) is 86.8 Å². The van der Waals surface area contributed by atoms with Gasteiger partial charge in [-0.25, -0.2) is 0 Å². The van der Waals surface area contributed by atoms with E-state index in [9.17, 15) is 19.0 Å². The summed E-state index contributed by atoms with van der Waals surface area (Å²) in [7, 11) is 1.14. The number of esters is 2. The van der Waals surface area contributed by atoms with Crippen molar-refractivity contribution >= 4 is 19.8 Å². The molecule has 0 aliphatic heterocycles. The van der Waals surface area contributed by atoms with Gasteiger partial charge in [-0.05, 0) is 83.5 Å². The van der Waals surface area contributed by atoms with Gasteiger partial charge in [0.15, 0.2) is 6.10 Å². The van der Waals surface area contributed by atoms with E-state index >= 15 is 0 Å². The first-order valence-corrected chi connectivity index (χ1v) is 27.1. The fourth-order valence-corrected chi connectivity index (χ4v) is 7.46. The lowest BCUT2D eigenvalue weighted by Gasteiger charge is -2.28. The maximum atomic E-state index is 12.7. The number of quaternary nitrogens is 1. The van der Waals surface area contributed by atoms with Gasteiger partial charge in [-0.15, -0.1) is 0 Å². The Bertz CT molecular complexity index is 1310. The van der Waals surface area contributed by atoms with Gasteiger partial charge in [-0.3, -0.25) is 14.2 Å². The second kappa shape index (κ2) is 45.6. The highest BCUT2D eigenvalue weighted by Gasteiger charge is 2.21. The molecule has 0 aromatic rings. The monoisotopic (exact) mass is 918 g/mol.